The lowest BCUT2D eigenvalue weighted by atomic mass is 9.77. The van der Waals surface area contributed by atoms with Crippen LogP contribution in [-0.2, 0) is 15.0 Å². The smallest absolute Gasteiger partial charge is 0.237 e. The number of nitrogens with zero attached hydrogens (tertiary/aromatic N) is 1. The molecule has 0 spiro atoms. The van der Waals surface area contributed by atoms with Crippen molar-refractivity contribution in [2.75, 3.05) is 13.6 Å². The molecule has 108 valence electrons. The maximum absolute atomic E-state index is 12.8. The molecule has 1 aromatic rings. The van der Waals surface area contributed by atoms with E-state index in [0.717, 1.165) is 36.8 Å². The molecule has 0 bridgehead atoms. The topological polar surface area (TPSA) is 63.4 Å². The van der Waals surface area contributed by atoms with Gasteiger partial charge in [-0.1, -0.05) is 42.7 Å². The van der Waals surface area contributed by atoms with Gasteiger partial charge in [0.2, 0.25) is 11.8 Å². The fraction of sp³-hybridized carbons (Fsp3) is 0.500. The SMILES string of the molecule is Cc1cccc(C2(C(=O)N(C)CC(N)=O)CCCC2)c1. The number of nitrogens with two attached hydrogens (primary N) is 1. The molecule has 1 saturated carbocycles. The van der Waals surface area contributed by atoms with E-state index < -0.39 is 11.3 Å². The fourth-order valence-corrected chi connectivity index (χ4v) is 3.22. The Labute approximate surface area is 119 Å². The van der Waals surface area contributed by atoms with E-state index in [1.165, 1.54) is 4.90 Å². The summed E-state index contributed by atoms with van der Waals surface area (Å²) in [6.07, 6.45) is 3.78. The number of rotatable bonds is 4. The van der Waals surface area contributed by atoms with E-state index in [1.54, 1.807) is 7.05 Å². The van der Waals surface area contributed by atoms with Crippen molar-refractivity contribution in [2.24, 2.45) is 5.73 Å². The van der Waals surface area contributed by atoms with E-state index in [-0.39, 0.29) is 12.5 Å². The van der Waals surface area contributed by atoms with Gasteiger partial charge in [0.1, 0.15) is 0 Å². The molecule has 0 unspecified atom stereocenters. The molecule has 4 nitrogen and oxygen atoms in total. The number of carbonyl (C=O) groups is 2. The third-order valence-electron chi connectivity index (χ3n) is 4.18. The van der Waals surface area contributed by atoms with Crippen LogP contribution in [0.25, 0.3) is 0 Å². The molecule has 0 aromatic heterocycles. The number of hydrogen-bond acceptors (Lipinski definition) is 2. The average molecular weight is 274 g/mol. The van der Waals surface area contributed by atoms with Crippen LogP contribution in [0.4, 0.5) is 0 Å². The summed E-state index contributed by atoms with van der Waals surface area (Å²) in [5.74, 6) is -0.461. The summed E-state index contributed by atoms with van der Waals surface area (Å²) in [6, 6.07) is 8.13. The molecular formula is C16H22N2O2. The zero-order valence-corrected chi connectivity index (χ0v) is 12.2. The molecule has 1 aliphatic rings. The Morgan fingerprint density at radius 1 is 1.30 bits per heavy atom. The summed E-state index contributed by atoms with van der Waals surface area (Å²) in [4.78, 5) is 25.4. The Balaban J connectivity index is 2.35. The van der Waals surface area contributed by atoms with Gasteiger partial charge < -0.3 is 10.6 Å². The van der Waals surface area contributed by atoms with Crippen LogP contribution < -0.4 is 5.73 Å². The second-order valence-corrected chi connectivity index (χ2v) is 5.79. The summed E-state index contributed by atoms with van der Waals surface area (Å²) in [7, 11) is 1.66. The minimum absolute atomic E-state index is 0.0133. The Kier molecular flexibility index (Phi) is 4.12. The minimum atomic E-state index is -0.476. The van der Waals surface area contributed by atoms with E-state index >= 15 is 0 Å². The third kappa shape index (κ3) is 2.69. The van der Waals surface area contributed by atoms with Crippen LogP contribution in [0.3, 0.4) is 0 Å². The fourth-order valence-electron chi connectivity index (χ4n) is 3.22. The summed E-state index contributed by atoms with van der Waals surface area (Å²) in [6.45, 7) is 2.01. The minimum Gasteiger partial charge on any atom is -0.368 e. The van der Waals surface area contributed by atoms with Gasteiger partial charge in [-0.3, -0.25) is 9.59 Å². The number of carbonyl (C=O) groups excluding carboxylic acids is 2. The first kappa shape index (κ1) is 14.6. The zero-order chi connectivity index (χ0) is 14.8. The first-order chi connectivity index (χ1) is 9.45. The molecule has 0 atom stereocenters. The van der Waals surface area contributed by atoms with Crippen LogP contribution in [0.15, 0.2) is 24.3 Å². The molecule has 1 aliphatic carbocycles. The third-order valence-corrected chi connectivity index (χ3v) is 4.18. The average Bonchev–Trinajstić information content (AvgIpc) is 2.87. The molecule has 0 heterocycles. The maximum atomic E-state index is 12.8. The number of hydrogen-bond donors (Lipinski definition) is 1. The summed E-state index contributed by atoms with van der Waals surface area (Å²) >= 11 is 0. The highest BCUT2D eigenvalue weighted by Crippen LogP contribution is 2.42. The van der Waals surface area contributed by atoms with Gasteiger partial charge >= 0.3 is 0 Å². The van der Waals surface area contributed by atoms with Crippen LogP contribution in [0.5, 0.6) is 0 Å². The first-order valence-corrected chi connectivity index (χ1v) is 7.07. The van der Waals surface area contributed by atoms with E-state index in [0.29, 0.717) is 0 Å². The molecule has 0 aliphatic heterocycles. The predicted octanol–water partition coefficient (Wildman–Crippen LogP) is 1.75. The summed E-state index contributed by atoms with van der Waals surface area (Å²) in [5.41, 5.74) is 6.94. The standard InChI is InChI=1S/C16H22N2O2/c1-12-6-5-7-13(10-12)16(8-3-4-9-16)15(20)18(2)11-14(17)19/h5-7,10H,3-4,8-9,11H2,1-2H3,(H2,17,19). The molecule has 0 radical (unpaired) electrons. The van der Waals surface area contributed by atoms with Gasteiger partial charge in [-0.15, -0.1) is 0 Å². The van der Waals surface area contributed by atoms with Crippen molar-refractivity contribution < 1.29 is 9.59 Å². The highest BCUT2D eigenvalue weighted by molar-refractivity contribution is 5.91. The van der Waals surface area contributed by atoms with Gasteiger partial charge in [0.05, 0.1) is 12.0 Å². The largest absolute Gasteiger partial charge is 0.368 e. The summed E-state index contributed by atoms with van der Waals surface area (Å²) < 4.78 is 0. The van der Waals surface area contributed by atoms with Crippen molar-refractivity contribution in [3.05, 3.63) is 35.4 Å². The number of amides is 2. The summed E-state index contributed by atoms with van der Waals surface area (Å²) in [5, 5.41) is 0. The van der Waals surface area contributed by atoms with Crippen molar-refractivity contribution in [1.82, 2.24) is 4.90 Å². The number of benzene rings is 1. The van der Waals surface area contributed by atoms with Gasteiger partial charge in [-0.2, -0.15) is 0 Å². The second-order valence-electron chi connectivity index (χ2n) is 5.79. The van der Waals surface area contributed by atoms with Crippen molar-refractivity contribution in [3.8, 4) is 0 Å². The maximum Gasteiger partial charge on any atom is 0.237 e. The van der Waals surface area contributed by atoms with Crippen molar-refractivity contribution in [2.45, 2.75) is 38.0 Å². The highest BCUT2D eigenvalue weighted by Gasteiger charge is 2.44. The van der Waals surface area contributed by atoms with E-state index in [4.69, 9.17) is 5.73 Å². The zero-order valence-electron chi connectivity index (χ0n) is 12.2. The van der Waals surface area contributed by atoms with Gasteiger partial charge in [0, 0.05) is 7.05 Å². The molecule has 0 saturated heterocycles. The van der Waals surface area contributed by atoms with E-state index in [1.807, 2.05) is 25.1 Å². The lowest BCUT2D eigenvalue weighted by molar-refractivity contribution is -0.138. The van der Waals surface area contributed by atoms with Gasteiger partial charge in [0.25, 0.3) is 0 Å². The van der Waals surface area contributed by atoms with E-state index in [9.17, 15) is 9.59 Å². The molecule has 2 rings (SSSR count). The van der Waals surface area contributed by atoms with Crippen LogP contribution in [-0.4, -0.2) is 30.3 Å². The molecule has 2 N–H and O–H groups in total. The molecule has 20 heavy (non-hydrogen) atoms. The quantitative estimate of drug-likeness (QED) is 0.909. The van der Waals surface area contributed by atoms with Crippen LogP contribution in [0.1, 0.15) is 36.8 Å². The second kappa shape index (κ2) is 5.65. The molecule has 4 heteroatoms. The molecule has 2 amide bonds. The number of primary amides is 1. The van der Waals surface area contributed by atoms with Crippen molar-refractivity contribution in [3.63, 3.8) is 0 Å². The van der Waals surface area contributed by atoms with Crippen LogP contribution in [0.2, 0.25) is 0 Å². The van der Waals surface area contributed by atoms with Gasteiger partial charge in [-0.05, 0) is 25.3 Å². The Bertz CT molecular complexity index is 519. The Morgan fingerprint density at radius 3 is 2.50 bits per heavy atom. The predicted molar refractivity (Wildman–Crippen MR) is 78.2 cm³/mol. The molecule has 1 aromatic carbocycles. The van der Waals surface area contributed by atoms with Crippen molar-refractivity contribution in [1.29, 1.82) is 0 Å². The Hall–Kier alpha value is -1.84. The highest BCUT2D eigenvalue weighted by atomic mass is 16.2. The number of likely N-dealkylation sites (N-methyl/N-ethyl adjacent to an activating group) is 1. The molecular weight excluding hydrogens is 252 g/mol. The first-order valence-electron chi connectivity index (χ1n) is 7.07. The monoisotopic (exact) mass is 274 g/mol. The van der Waals surface area contributed by atoms with Crippen LogP contribution >= 0.6 is 0 Å². The van der Waals surface area contributed by atoms with E-state index in [2.05, 4.69) is 6.07 Å². The number of aryl methyl sites for hydroxylation is 1. The normalized spacial score (nSPS) is 16.9. The van der Waals surface area contributed by atoms with Crippen molar-refractivity contribution >= 4 is 11.8 Å². The Morgan fingerprint density at radius 2 is 1.95 bits per heavy atom. The van der Waals surface area contributed by atoms with Gasteiger partial charge in [-0.25, -0.2) is 0 Å². The van der Waals surface area contributed by atoms with Gasteiger partial charge in [0.15, 0.2) is 0 Å². The lowest BCUT2D eigenvalue weighted by Crippen LogP contribution is -2.46. The molecule has 1 fully saturated rings. The van der Waals surface area contributed by atoms with Crippen LogP contribution in [0, 0.1) is 6.92 Å². The lowest BCUT2D eigenvalue weighted by Gasteiger charge is -2.32.